The number of amidine groups is 1. The number of benzene rings is 2. The van der Waals surface area contributed by atoms with Crippen molar-refractivity contribution in [3.8, 4) is 0 Å². The van der Waals surface area contributed by atoms with E-state index in [1.807, 2.05) is 54.4 Å². The molecule has 4 rings (SSSR count). The van der Waals surface area contributed by atoms with Crippen molar-refractivity contribution in [2.24, 2.45) is 5.73 Å². The Morgan fingerprint density at radius 1 is 1.11 bits per heavy atom. The van der Waals surface area contributed by atoms with Gasteiger partial charge in [0.2, 0.25) is 0 Å². The maximum atomic E-state index is 13.3. The predicted molar refractivity (Wildman–Crippen MR) is 152 cm³/mol. The summed E-state index contributed by atoms with van der Waals surface area (Å²) in [5.74, 6) is 0.728. The minimum absolute atomic E-state index is 0. The summed E-state index contributed by atoms with van der Waals surface area (Å²) in [6.45, 7) is 2.80. The number of halogens is 1. The van der Waals surface area contributed by atoms with Crippen LogP contribution in [0.4, 0.5) is 0 Å². The SMILES string of the molecule is CCOC(=O)CCCn1c(Cc2ccc(C(=N)N)cc2)nc2cc(C(=O)N(C)C3CCCCC3)ccc21.Cl. The van der Waals surface area contributed by atoms with Gasteiger partial charge in [-0.3, -0.25) is 15.0 Å². The van der Waals surface area contributed by atoms with Crippen LogP contribution >= 0.6 is 12.4 Å². The largest absolute Gasteiger partial charge is 0.466 e. The van der Waals surface area contributed by atoms with E-state index in [0.29, 0.717) is 49.6 Å². The van der Waals surface area contributed by atoms with Crippen LogP contribution in [0.1, 0.15) is 79.2 Å². The van der Waals surface area contributed by atoms with Crippen molar-refractivity contribution in [1.82, 2.24) is 14.5 Å². The number of nitrogens with two attached hydrogens (primary N) is 1. The molecule has 0 bridgehead atoms. The number of amides is 1. The van der Waals surface area contributed by atoms with Crippen LogP contribution in [0.2, 0.25) is 0 Å². The van der Waals surface area contributed by atoms with Gasteiger partial charge in [0.1, 0.15) is 11.7 Å². The number of aromatic nitrogens is 2. The summed E-state index contributed by atoms with van der Waals surface area (Å²) in [4.78, 5) is 32.0. The normalized spacial score (nSPS) is 13.6. The summed E-state index contributed by atoms with van der Waals surface area (Å²) in [6.07, 6.45) is 7.27. The number of imidazole rings is 1. The third-order valence-electron chi connectivity index (χ3n) is 7.21. The van der Waals surface area contributed by atoms with E-state index in [-0.39, 0.29) is 30.1 Å². The van der Waals surface area contributed by atoms with E-state index in [9.17, 15) is 9.59 Å². The number of esters is 1. The zero-order valence-electron chi connectivity index (χ0n) is 22.2. The first-order valence-electron chi connectivity index (χ1n) is 13.2. The molecule has 1 aliphatic carbocycles. The lowest BCUT2D eigenvalue weighted by atomic mass is 9.94. The van der Waals surface area contributed by atoms with Crippen LogP contribution < -0.4 is 5.73 Å². The molecule has 1 heterocycles. The summed E-state index contributed by atoms with van der Waals surface area (Å²) in [5.41, 5.74) is 9.68. The minimum Gasteiger partial charge on any atom is -0.466 e. The molecule has 0 saturated heterocycles. The number of carbonyl (C=O) groups is 2. The average Bonchev–Trinajstić information content (AvgIpc) is 3.24. The Kier molecular flexibility index (Phi) is 10.3. The summed E-state index contributed by atoms with van der Waals surface area (Å²) in [5, 5.41) is 7.62. The van der Waals surface area contributed by atoms with Crippen molar-refractivity contribution >= 4 is 41.2 Å². The smallest absolute Gasteiger partial charge is 0.305 e. The van der Waals surface area contributed by atoms with Crippen molar-refractivity contribution in [1.29, 1.82) is 5.41 Å². The van der Waals surface area contributed by atoms with Gasteiger partial charge in [-0.15, -0.1) is 12.4 Å². The lowest BCUT2D eigenvalue weighted by Crippen LogP contribution is -2.38. The monoisotopic (exact) mass is 539 g/mol. The first kappa shape index (κ1) is 29.2. The number of nitrogens with zero attached hydrogens (tertiary/aromatic N) is 3. The number of aryl methyl sites for hydroxylation is 1. The van der Waals surface area contributed by atoms with E-state index in [2.05, 4.69) is 4.57 Å². The van der Waals surface area contributed by atoms with Crippen molar-refractivity contribution in [2.75, 3.05) is 13.7 Å². The Labute approximate surface area is 230 Å². The molecule has 1 saturated carbocycles. The van der Waals surface area contributed by atoms with Gasteiger partial charge in [-0.05, 0) is 49.9 Å². The fourth-order valence-corrected chi connectivity index (χ4v) is 5.13. The molecular weight excluding hydrogens is 502 g/mol. The van der Waals surface area contributed by atoms with Crippen LogP contribution in [0, 0.1) is 5.41 Å². The Hall–Kier alpha value is -3.39. The molecule has 3 aromatic rings. The molecule has 0 spiro atoms. The predicted octanol–water partition coefficient (Wildman–Crippen LogP) is 5.08. The number of hydrogen-bond acceptors (Lipinski definition) is 5. The van der Waals surface area contributed by atoms with Crippen molar-refractivity contribution in [3.05, 3.63) is 65.0 Å². The molecule has 0 aliphatic heterocycles. The van der Waals surface area contributed by atoms with Crippen molar-refractivity contribution < 1.29 is 14.3 Å². The van der Waals surface area contributed by atoms with Gasteiger partial charge >= 0.3 is 5.97 Å². The number of ether oxygens (including phenoxy) is 1. The lowest BCUT2D eigenvalue weighted by molar-refractivity contribution is -0.143. The Morgan fingerprint density at radius 2 is 1.79 bits per heavy atom. The molecule has 8 nitrogen and oxygen atoms in total. The fourth-order valence-electron chi connectivity index (χ4n) is 5.13. The van der Waals surface area contributed by atoms with Gasteiger partial charge in [0.25, 0.3) is 5.91 Å². The molecular formula is C29H38ClN5O3. The maximum Gasteiger partial charge on any atom is 0.305 e. The second-order valence-corrected chi connectivity index (χ2v) is 9.79. The Bertz CT molecular complexity index is 1270. The van der Waals surface area contributed by atoms with Gasteiger partial charge in [0.05, 0.1) is 17.6 Å². The first-order chi connectivity index (χ1) is 17.9. The molecule has 1 aliphatic rings. The van der Waals surface area contributed by atoms with Gasteiger partial charge in [-0.1, -0.05) is 43.5 Å². The molecule has 1 aromatic heterocycles. The fraction of sp³-hybridized carbons (Fsp3) is 0.448. The number of fused-ring (bicyclic) bond motifs is 1. The highest BCUT2D eigenvalue weighted by Crippen LogP contribution is 2.25. The standard InChI is InChI=1S/C29H37N5O3.ClH/c1-3-37-27(35)10-7-17-34-25-16-15-22(29(36)33(2)23-8-5-4-6-9-23)19-24(25)32-26(34)18-20-11-13-21(14-12-20)28(30)31;/h11-16,19,23H,3-10,17-18H2,1-2H3,(H3,30,31);1H. The van der Waals surface area contributed by atoms with Gasteiger partial charge in [-0.25, -0.2) is 4.98 Å². The van der Waals surface area contributed by atoms with E-state index >= 15 is 0 Å². The van der Waals surface area contributed by atoms with Crippen molar-refractivity contribution in [3.63, 3.8) is 0 Å². The molecule has 1 fully saturated rings. The van der Waals surface area contributed by atoms with Crippen LogP contribution in [0.3, 0.4) is 0 Å². The first-order valence-corrected chi connectivity index (χ1v) is 13.2. The second-order valence-electron chi connectivity index (χ2n) is 9.79. The Morgan fingerprint density at radius 3 is 2.45 bits per heavy atom. The summed E-state index contributed by atoms with van der Waals surface area (Å²) in [6, 6.07) is 13.6. The van der Waals surface area contributed by atoms with Crippen molar-refractivity contribution in [2.45, 2.75) is 70.9 Å². The number of nitrogen functional groups attached to an aromatic ring is 1. The average molecular weight is 540 g/mol. The summed E-state index contributed by atoms with van der Waals surface area (Å²) >= 11 is 0. The molecule has 38 heavy (non-hydrogen) atoms. The number of rotatable bonds is 10. The summed E-state index contributed by atoms with van der Waals surface area (Å²) in [7, 11) is 1.91. The molecule has 0 unspecified atom stereocenters. The minimum atomic E-state index is -0.202. The lowest BCUT2D eigenvalue weighted by Gasteiger charge is -2.31. The second kappa shape index (κ2) is 13.4. The number of hydrogen-bond donors (Lipinski definition) is 2. The van der Waals surface area contributed by atoms with E-state index in [4.69, 9.17) is 20.9 Å². The topological polar surface area (TPSA) is 114 Å². The molecule has 0 atom stereocenters. The quantitative estimate of drug-likeness (QED) is 0.212. The molecule has 2 aromatic carbocycles. The third kappa shape index (κ3) is 6.92. The van der Waals surface area contributed by atoms with E-state index in [0.717, 1.165) is 35.3 Å². The zero-order valence-corrected chi connectivity index (χ0v) is 23.1. The molecule has 9 heteroatoms. The van der Waals surface area contributed by atoms with Crippen LogP contribution in [0.5, 0.6) is 0 Å². The highest BCUT2D eigenvalue weighted by molar-refractivity contribution is 5.97. The molecule has 3 N–H and O–H groups in total. The van der Waals surface area contributed by atoms with Crippen LogP contribution in [0.15, 0.2) is 42.5 Å². The number of carbonyl (C=O) groups excluding carboxylic acids is 2. The highest BCUT2D eigenvalue weighted by atomic mass is 35.5. The van der Waals surface area contributed by atoms with Gasteiger partial charge in [-0.2, -0.15) is 0 Å². The Balaban J connectivity index is 0.00000400. The van der Waals surface area contributed by atoms with E-state index < -0.39 is 0 Å². The number of nitrogens with one attached hydrogen (secondary N) is 1. The van der Waals surface area contributed by atoms with Crippen LogP contribution in [-0.2, 0) is 22.5 Å². The molecule has 204 valence electrons. The maximum absolute atomic E-state index is 13.3. The zero-order chi connectivity index (χ0) is 26.4. The van der Waals surface area contributed by atoms with E-state index in [1.165, 1.54) is 19.3 Å². The van der Waals surface area contributed by atoms with Gasteiger partial charge in [0, 0.05) is 43.6 Å². The highest BCUT2D eigenvalue weighted by Gasteiger charge is 2.24. The molecule has 0 radical (unpaired) electrons. The third-order valence-corrected chi connectivity index (χ3v) is 7.21. The van der Waals surface area contributed by atoms with Crippen LogP contribution in [0.25, 0.3) is 11.0 Å². The van der Waals surface area contributed by atoms with Gasteiger partial charge < -0.3 is 19.9 Å². The molecule has 1 amide bonds. The summed E-state index contributed by atoms with van der Waals surface area (Å²) < 4.78 is 7.22. The van der Waals surface area contributed by atoms with Gasteiger partial charge in [0.15, 0.2) is 0 Å². The van der Waals surface area contributed by atoms with Crippen LogP contribution in [-0.4, -0.2) is 51.9 Å². The van der Waals surface area contributed by atoms with E-state index in [1.54, 1.807) is 6.92 Å².